The Morgan fingerprint density at radius 3 is 2.52 bits per heavy atom. The van der Waals surface area contributed by atoms with Gasteiger partial charge >= 0.3 is 0 Å². The lowest BCUT2D eigenvalue weighted by Crippen LogP contribution is -2.41. The number of carbonyl (C=O) groups is 2. The molecule has 0 aliphatic heterocycles. The fourth-order valence-electron chi connectivity index (χ4n) is 3.46. The van der Waals surface area contributed by atoms with Crippen molar-refractivity contribution in [3.8, 4) is 5.88 Å². The van der Waals surface area contributed by atoms with Crippen LogP contribution in [-0.2, 0) is 7.05 Å². The number of methoxy groups -OCH3 is 1. The van der Waals surface area contributed by atoms with Crippen molar-refractivity contribution in [3.05, 3.63) is 41.6 Å². The van der Waals surface area contributed by atoms with Crippen molar-refractivity contribution in [2.45, 2.75) is 38.6 Å². The molecule has 1 saturated carbocycles. The van der Waals surface area contributed by atoms with Crippen molar-refractivity contribution < 1.29 is 14.3 Å². The first kappa shape index (κ1) is 18.9. The largest absolute Gasteiger partial charge is 0.479 e. The predicted octanol–water partition coefficient (Wildman–Crippen LogP) is 2.99. The van der Waals surface area contributed by atoms with Crippen LogP contribution in [0.15, 0.2) is 30.5 Å². The van der Waals surface area contributed by atoms with E-state index in [2.05, 4.69) is 22.7 Å². The Labute approximate surface area is 159 Å². The predicted molar refractivity (Wildman–Crippen MR) is 103 cm³/mol. The quantitative estimate of drug-likeness (QED) is 0.847. The Kier molecular flexibility index (Phi) is 5.78. The topological polar surface area (TPSA) is 85.2 Å². The highest BCUT2D eigenvalue weighted by atomic mass is 16.5. The molecule has 0 spiro atoms. The van der Waals surface area contributed by atoms with Gasteiger partial charge in [-0.15, -0.1) is 5.10 Å². The van der Waals surface area contributed by atoms with Gasteiger partial charge in [-0.3, -0.25) is 14.3 Å². The van der Waals surface area contributed by atoms with Gasteiger partial charge in [0.2, 0.25) is 5.88 Å². The maximum absolute atomic E-state index is 12.5. The Morgan fingerprint density at radius 2 is 1.85 bits per heavy atom. The van der Waals surface area contributed by atoms with Crippen LogP contribution in [0.2, 0.25) is 0 Å². The molecule has 0 saturated heterocycles. The maximum atomic E-state index is 12.5. The highest BCUT2D eigenvalue weighted by Gasteiger charge is 2.23. The van der Waals surface area contributed by atoms with Crippen LogP contribution >= 0.6 is 0 Å². The standard InChI is InChI=1S/C20H26N4O3/c1-13-6-4-5-7-17(13)22-18(25)14-8-10-15(11-9-14)21-19(26)16-12-24(2)23-20(16)27-3/h8-13,17H,4-7H2,1-3H3,(H,21,26)(H,22,25). The minimum Gasteiger partial charge on any atom is -0.479 e. The molecule has 1 aromatic heterocycles. The van der Waals surface area contributed by atoms with E-state index < -0.39 is 0 Å². The van der Waals surface area contributed by atoms with Gasteiger partial charge in [0.1, 0.15) is 5.56 Å². The van der Waals surface area contributed by atoms with Crippen molar-refractivity contribution in [1.82, 2.24) is 15.1 Å². The van der Waals surface area contributed by atoms with Crippen LogP contribution < -0.4 is 15.4 Å². The fourth-order valence-corrected chi connectivity index (χ4v) is 3.46. The van der Waals surface area contributed by atoms with Crippen molar-refractivity contribution in [3.63, 3.8) is 0 Å². The molecule has 3 rings (SSSR count). The Balaban J connectivity index is 1.62. The second-order valence-corrected chi connectivity index (χ2v) is 7.10. The van der Waals surface area contributed by atoms with Crippen LogP contribution in [0, 0.1) is 5.92 Å². The Bertz CT molecular complexity index is 813. The number of nitrogens with zero attached hydrogens (tertiary/aromatic N) is 2. The normalized spacial score (nSPS) is 19.4. The number of hydrogen-bond donors (Lipinski definition) is 2. The van der Waals surface area contributed by atoms with E-state index in [0.29, 0.717) is 22.7 Å². The summed E-state index contributed by atoms with van der Waals surface area (Å²) in [6.45, 7) is 2.19. The van der Waals surface area contributed by atoms with Crippen molar-refractivity contribution >= 4 is 17.5 Å². The molecule has 1 aliphatic rings. The molecule has 27 heavy (non-hydrogen) atoms. The average Bonchev–Trinajstić information content (AvgIpc) is 3.05. The van der Waals surface area contributed by atoms with Crippen LogP contribution in [0.25, 0.3) is 0 Å². The number of aromatic nitrogens is 2. The fraction of sp³-hybridized carbons (Fsp3) is 0.450. The maximum Gasteiger partial charge on any atom is 0.262 e. The third-order valence-electron chi connectivity index (χ3n) is 5.07. The molecule has 0 radical (unpaired) electrons. The van der Waals surface area contributed by atoms with Crippen molar-refractivity contribution in [1.29, 1.82) is 0 Å². The van der Waals surface area contributed by atoms with Crippen LogP contribution in [0.5, 0.6) is 5.88 Å². The average molecular weight is 370 g/mol. The molecule has 2 aromatic rings. The second-order valence-electron chi connectivity index (χ2n) is 7.10. The van der Waals surface area contributed by atoms with Gasteiger partial charge in [0.25, 0.3) is 11.8 Å². The number of amides is 2. The molecule has 1 aliphatic carbocycles. The molecule has 7 heteroatoms. The number of ether oxygens (including phenoxy) is 1. The molecule has 2 N–H and O–H groups in total. The minimum atomic E-state index is -0.312. The SMILES string of the molecule is COc1nn(C)cc1C(=O)Nc1ccc(C(=O)NC2CCCCC2C)cc1. The monoisotopic (exact) mass is 370 g/mol. The van der Waals surface area contributed by atoms with Crippen LogP contribution in [-0.4, -0.2) is 34.7 Å². The molecule has 7 nitrogen and oxygen atoms in total. The molecule has 1 aromatic carbocycles. The summed E-state index contributed by atoms with van der Waals surface area (Å²) < 4.78 is 6.63. The number of aryl methyl sites for hydroxylation is 1. The Morgan fingerprint density at radius 1 is 1.15 bits per heavy atom. The summed E-state index contributed by atoms with van der Waals surface area (Å²) in [6.07, 6.45) is 6.20. The van der Waals surface area contributed by atoms with Gasteiger partial charge in [0, 0.05) is 30.5 Å². The summed E-state index contributed by atoms with van der Waals surface area (Å²) in [5, 5.41) is 10.0. The highest BCUT2D eigenvalue weighted by Crippen LogP contribution is 2.24. The molecule has 2 unspecified atom stereocenters. The molecular weight excluding hydrogens is 344 g/mol. The lowest BCUT2D eigenvalue weighted by atomic mass is 9.86. The van der Waals surface area contributed by atoms with Crippen molar-refractivity contribution in [2.75, 3.05) is 12.4 Å². The summed E-state index contributed by atoms with van der Waals surface area (Å²) in [4.78, 5) is 24.9. The van der Waals surface area contributed by atoms with Gasteiger partial charge in [0.05, 0.1) is 7.11 Å². The van der Waals surface area contributed by atoms with Crippen LogP contribution in [0.3, 0.4) is 0 Å². The lowest BCUT2D eigenvalue weighted by Gasteiger charge is -2.29. The van der Waals surface area contributed by atoms with Gasteiger partial charge in [-0.2, -0.15) is 0 Å². The number of carbonyl (C=O) groups excluding carboxylic acids is 2. The van der Waals surface area contributed by atoms with Gasteiger partial charge in [-0.25, -0.2) is 0 Å². The zero-order valence-electron chi connectivity index (χ0n) is 16.0. The number of nitrogens with one attached hydrogen (secondary N) is 2. The van der Waals surface area contributed by atoms with E-state index in [0.717, 1.165) is 19.3 Å². The van der Waals surface area contributed by atoms with E-state index in [1.807, 2.05) is 0 Å². The van der Waals surface area contributed by atoms with E-state index in [1.165, 1.54) is 18.2 Å². The van der Waals surface area contributed by atoms with Gasteiger partial charge in [0.15, 0.2) is 0 Å². The van der Waals surface area contributed by atoms with Crippen LogP contribution in [0.1, 0.15) is 53.3 Å². The highest BCUT2D eigenvalue weighted by molar-refractivity contribution is 6.06. The summed E-state index contributed by atoms with van der Waals surface area (Å²) in [5.41, 5.74) is 1.55. The van der Waals surface area contributed by atoms with Crippen molar-refractivity contribution in [2.24, 2.45) is 13.0 Å². The third-order valence-corrected chi connectivity index (χ3v) is 5.07. The molecule has 1 heterocycles. The Hall–Kier alpha value is -2.83. The first-order valence-corrected chi connectivity index (χ1v) is 9.28. The zero-order chi connectivity index (χ0) is 19.4. The molecule has 2 atom stereocenters. The minimum absolute atomic E-state index is 0.0689. The molecule has 144 valence electrons. The zero-order valence-corrected chi connectivity index (χ0v) is 16.0. The first-order chi connectivity index (χ1) is 13.0. The first-order valence-electron chi connectivity index (χ1n) is 9.28. The van der Waals surface area contributed by atoms with Gasteiger partial charge in [-0.1, -0.05) is 19.8 Å². The van der Waals surface area contributed by atoms with E-state index in [9.17, 15) is 9.59 Å². The van der Waals surface area contributed by atoms with E-state index >= 15 is 0 Å². The summed E-state index contributed by atoms with van der Waals surface area (Å²) in [6, 6.07) is 7.13. The number of hydrogen-bond acceptors (Lipinski definition) is 4. The summed E-state index contributed by atoms with van der Waals surface area (Å²) in [7, 11) is 3.19. The molecular formula is C20H26N4O3. The lowest BCUT2D eigenvalue weighted by molar-refractivity contribution is 0.0910. The second kappa shape index (κ2) is 8.24. The van der Waals surface area contributed by atoms with E-state index in [-0.39, 0.29) is 23.7 Å². The number of anilines is 1. The van der Waals surface area contributed by atoms with Crippen LogP contribution in [0.4, 0.5) is 5.69 Å². The van der Waals surface area contributed by atoms with Gasteiger partial charge < -0.3 is 15.4 Å². The van der Waals surface area contributed by atoms with Gasteiger partial charge in [-0.05, 0) is 43.0 Å². The smallest absolute Gasteiger partial charge is 0.262 e. The van der Waals surface area contributed by atoms with E-state index in [1.54, 1.807) is 37.5 Å². The van der Waals surface area contributed by atoms with E-state index in [4.69, 9.17) is 4.74 Å². The molecule has 2 amide bonds. The third kappa shape index (κ3) is 4.48. The summed E-state index contributed by atoms with van der Waals surface area (Å²) in [5.74, 6) is 0.400. The summed E-state index contributed by atoms with van der Waals surface area (Å²) >= 11 is 0. The molecule has 0 bridgehead atoms. The number of rotatable bonds is 5. The molecule has 1 fully saturated rings. The number of benzene rings is 1.